The van der Waals surface area contributed by atoms with Crippen LogP contribution in [0.2, 0.25) is 0 Å². The van der Waals surface area contributed by atoms with Crippen molar-refractivity contribution in [1.29, 1.82) is 0 Å². The van der Waals surface area contributed by atoms with Crippen LogP contribution in [0.5, 0.6) is 0 Å². The maximum atomic E-state index is 12.3. The summed E-state index contributed by atoms with van der Waals surface area (Å²) in [5.41, 5.74) is 1.09. The van der Waals surface area contributed by atoms with Crippen molar-refractivity contribution >= 4 is 5.91 Å². The van der Waals surface area contributed by atoms with E-state index in [1.54, 1.807) is 6.07 Å². The lowest BCUT2D eigenvalue weighted by Gasteiger charge is -2.59. The van der Waals surface area contributed by atoms with Crippen LogP contribution in [-0.2, 0) is 0 Å². The molecule has 4 saturated carbocycles. The molecular formula is C17H24N2O2. The smallest absolute Gasteiger partial charge is 0.290 e. The zero-order chi connectivity index (χ0) is 14.6. The van der Waals surface area contributed by atoms with E-state index in [0.29, 0.717) is 11.2 Å². The molecule has 0 saturated heterocycles. The second-order valence-corrected chi connectivity index (χ2v) is 7.81. The van der Waals surface area contributed by atoms with Crippen molar-refractivity contribution in [3.63, 3.8) is 0 Å². The maximum Gasteiger partial charge on any atom is 0.290 e. The molecule has 0 spiro atoms. The van der Waals surface area contributed by atoms with Crippen molar-refractivity contribution in [2.75, 3.05) is 0 Å². The monoisotopic (exact) mass is 288 g/mol. The van der Waals surface area contributed by atoms with Gasteiger partial charge in [0.05, 0.1) is 5.69 Å². The Bertz CT molecular complexity index is 528. The first-order valence-electron chi connectivity index (χ1n) is 8.28. The van der Waals surface area contributed by atoms with Gasteiger partial charge in [-0.2, -0.15) is 0 Å². The molecule has 4 nitrogen and oxygen atoms in total. The molecule has 21 heavy (non-hydrogen) atoms. The Balaban J connectivity index is 1.50. The minimum atomic E-state index is -0.112. The lowest BCUT2D eigenvalue weighted by molar-refractivity contribution is -0.0689. The predicted octanol–water partition coefficient (Wildman–Crippen LogP) is 3.32. The van der Waals surface area contributed by atoms with Crippen LogP contribution in [0.25, 0.3) is 0 Å². The summed E-state index contributed by atoms with van der Waals surface area (Å²) in [7, 11) is 0. The van der Waals surface area contributed by atoms with Crippen LogP contribution in [0.4, 0.5) is 0 Å². The zero-order valence-electron chi connectivity index (χ0n) is 12.9. The van der Waals surface area contributed by atoms with Crippen molar-refractivity contribution in [3.8, 4) is 0 Å². The van der Waals surface area contributed by atoms with Gasteiger partial charge in [0, 0.05) is 12.1 Å². The van der Waals surface area contributed by atoms with Crippen molar-refractivity contribution in [2.45, 2.75) is 58.4 Å². The lowest BCUT2D eigenvalue weighted by atomic mass is 9.48. The largest absolute Gasteiger partial charge is 0.351 e. The fourth-order valence-electron chi connectivity index (χ4n) is 5.60. The molecule has 4 bridgehead atoms. The number of aryl methyl sites for hydroxylation is 1. The molecule has 1 heterocycles. The molecule has 1 aromatic heterocycles. The van der Waals surface area contributed by atoms with Gasteiger partial charge < -0.3 is 9.84 Å². The van der Waals surface area contributed by atoms with Gasteiger partial charge in [-0.1, -0.05) is 5.16 Å². The van der Waals surface area contributed by atoms with Crippen molar-refractivity contribution < 1.29 is 9.32 Å². The van der Waals surface area contributed by atoms with Gasteiger partial charge >= 0.3 is 0 Å². The average Bonchev–Trinajstić information content (AvgIpc) is 2.84. The Morgan fingerprint density at radius 3 is 2.33 bits per heavy atom. The van der Waals surface area contributed by atoms with Gasteiger partial charge in [0.15, 0.2) is 0 Å². The number of nitrogens with one attached hydrogen (secondary N) is 1. The highest BCUT2D eigenvalue weighted by molar-refractivity contribution is 5.91. The van der Waals surface area contributed by atoms with E-state index < -0.39 is 0 Å². The second kappa shape index (κ2) is 4.59. The number of aromatic nitrogens is 1. The molecular weight excluding hydrogens is 264 g/mol. The fourth-order valence-corrected chi connectivity index (χ4v) is 5.60. The number of rotatable bonds is 3. The van der Waals surface area contributed by atoms with Crippen molar-refractivity contribution in [2.24, 2.45) is 23.2 Å². The van der Waals surface area contributed by atoms with Crippen LogP contribution >= 0.6 is 0 Å². The van der Waals surface area contributed by atoms with E-state index in [9.17, 15) is 4.79 Å². The third kappa shape index (κ3) is 2.19. The predicted molar refractivity (Wildman–Crippen MR) is 78.8 cm³/mol. The molecule has 114 valence electrons. The molecule has 1 amide bonds. The molecule has 1 aromatic rings. The molecule has 1 N–H and O–H groups in total. The summed E-state index contributed by atoms with van der Waals surface area (Å²) in [4.78, 5) is 12.3. The molecule has 0 aromatic carbocycles. The van der Waals surface area contributed by atoms with E-state index in [2.05, 4.69) is 17.4 Å². The Labute approximate surface area is 125 Å². The molecule has 4 fully saturated rings. The normalized spacial score (nSPS) is 38.5. The summed E-state index contributed by atoms with van der Waals surface area (Å²) < 4.78 is 5.08. The van der Waals surface area contributed by atoms with Gasteiger partial charge in [0.2, 0.25) is 5.76 Å². The summed E-state index contributed by atoms with van der Waals surface area (Å²) in [6, 6.07) is 1.94. The van der Waals surface area contributed by atoms with Gasteiger partial charge in [-0.3, -0.25) is 4.79 Å². The van der Waals surface area contributed by atoms with E-state index >= 15 is 0 Å². The van der Waals surface area contributed by atoms with Crippen molar-refractivity contribution in [3.05, 3.63) is 17.5 Å². The quantitative estimate of drug-likeness (QED) is 0.928. The van der Waals surface area contributed by atoms with E-state index in [0.717, 1.165) is 23.4 Å². The topological polar surface area (TPSA) is 55.1 Å². The van der Waals surface area contributed by atoms with Crippen LogP contribution in [0.3, 0.4) is 0 Å². The number of carbonyl (C=O) groups is 1. The van der Waals surface area contributed by atoms with Gasteiger partial charge in [0.25, 0.3) is 5.91 Å². The molecule has 4 heteroatoms. The van der Waals surface area contributed by atoms with E-state index in [1.807, 2.05) is 6.92 Å². The van der Waals surface area contributed by atoms with Crippen LogP contribution in [-0.4, -0.2) is 17.1 Å². The zero-order valence-corrected chi connectivity index (χ0v) is 12.9. The SMILES string of the molecule is Cc1cc(C(=O)NC(C)C23CC4CC(CC(C4)C2)C3)on1. The summed E-state index contributed by atoms with van der Waals surface area (Å²) in [5.74, 6) is 2.94. The molecule has 4 aliphatic carbocycles. The summed E-state index contributed by atoms with van der Waals surface area (Å²) >= 11 is 0. The summed E-state index contributed by atoms with van der Waals surface area (Å²) in [6.45, 7) is 4.02. The van der Waals surface area contributed by atoms with Crippen LogP contribution in [0, 0.1) is 30.1 Å². The Kier molecular flexibility index (Phi) is 2.92. The first-order chi connectivity index (χ1) is 10.0. The molecule has 0 radical (unpaired) electrons. The highest BCUT2D eigenvalue weighted by Crippen LogP contribution is 2.61. The standard InChI is InChI=1S/C17H24N2O2/c1-10-3-15(21-19-10)16(20)18-11(2)17-7-12-4-13(8-17)6-14(5-12)9-17/h3,11-14H,4-9H2,1-2H3,(H,18,20). The average molecular weight is 288 g/mol. The molecule has 1 atom stereocenters. The van der Waals surface area contributed by atoms with E-state index in [4.69, 9.17) is 4.52 Å². The number of nitrogens with zero attached hydrogens (tertiary/aromatic N) is 1. The third-order valence-corrected chi connectivity index (χ3v) is 6.20. The molecule has 4 aliphatic rings. The lowest BCUT2D eigenvalue weighted by Crippen LogP contribution is -2.55. The number of hydrogen-bond acceptors (Lipinski definition) is 3. The van der Waals surface area contributed by atoms with Crippen LogP contribution in [0.1, 0.15) is 61.7 Å². The minimum absolute atomic E-state index is 0.112. The Morgan fingerprint density at radius 1 is 1.29 bits per heavy atom. The summed E-state index contributed by atoms with van der Waals surface area (Å²) in [6.07, 6.45) is 8.20. The molecule has 0 aliphatic heterocycles. The van der Waals surface area contributed by atoms with Gasteiger partial charge in [-0.25, -0.2) is 0 Å². The first-order valence-corrected chi connectivity index (χ1v) is 8.28. The summed E-state index contributed by atoms with van der Waals surface area (Å²) in [5, 5.41) is 7.00. The van der Waals surface area contributed by atoms with Crippen LogP contribution < -0.4 is 5.32 Å². The highest BCUT2D eigenvalue weighted by Gasteiger charge is 2.53. The molecule has 1 unspecified atom stereocenters. The Morgan fingerprint density at radius 2 is 1.86 bits per heavy atom. The van der Waals surface area contributed by atoms with E-state index in [1.165, 1.54) is 38.5 Å². The van der Waals surface area contributed by atoms with E-state index in [-0.39, 0.29) is 11.9 Å². The minimum Gasteiger partial charge on any atom is -0.351 e. The number of hydrogen-bond donors (Lipinski definition) is 1. The highest BCUT2D eigenvalue weighted by atomic mass is 16.5. The van der Waals surface area contributed by atoms with Crippen molar-refractivity contribution in [1.82, 2.24) is 10.5 Å². The Hall–Kier alpha value is -1.32. The number of amides is 1. The van der Waals surface area contributed by atoms with Crippen LogP contribution in [0.15, 0.2) is 10.6 Å². The molecule has 5 rings (SSSR count). The fraction of sp³-hybridized carbons (Fsp3) is 0.765. The van der Waals surface area contributed by atoms with Gasteiger partial charge in [-0.15, -0.1) is 0 Å². The maximum absolute atomic E-state index is 12.3. The second-order valence-electron chi connectivity index (χ2n) is 7.81. The van der Waals surface area contributed by atoms with Gasteiger partial charge in [0.1, 0.15) is 0 Å². The first kappa shape index (κ1) is 13.4. The third-order valence-electron chi connectivity index (χ3n) is 6.20. The number of carbonyl (C=O) groups excluding carboxylic acids is 1. The van der Waals surface area contributed by atoms with Gasteiger partial charge in [-0.05, 0) is 75.5 Å².